The standard InChI is InChI=1S/C17H23NO3S/c1-3-17(4-2,11-14(19)20)18-16(21)15-13-8-6-5-7-12(13)9-10-22-15/h5-8,15H,3-4,9-11H2,1-2H3,(H,18,21)(H,19,20). The van der Waals surface area contributed by atoms with E-state index in [1.54, 1.807) is 11.8 Å². The average molecular weight is 321 g/mol. The molecule has 0 bridgehead atoms. The summed E-state index contributed by atoms with van der Waals surface area (Å²) in [5, 5.41) is 11.9. The van der Waals surface area contributed by atoms with E-state index in [4.69, 9.17) is 5.11 Å². The number of benzene rings is 1. The lowest BCUT2D eigenvalue weighted by Gasteiger charge is -2.34. The molecular weight excluding hydrogens is 298 g/mol. The van der Waals surface area contributed by atoms with Gasteiger partial charge in [0, 0.05) is 0 Å². The molecule has 1 aromatic carbocycles. The second-order valence-electron chi connectivity index (χ2n) is 5.75. The van der Waals surface area contributed by atoms with Gasteiger partial charge in [0.15, 0.2) is 0 Å². The second kappa shape index (κ2) is 7.18. The number of rotatable bonds is 6. The van der Waals surface area contributed by atoms with Crippen LogP contribution < -0.4 is 5.32 Å². The van der Waals surface area contributed by atoms with Crippen LogP contribution in [0.5, 0.6) is 0 Å². The number of carbonyl (C=O) groups is 2. The molecule has 2 rings (SSSR count). The van der Waals surface area contributed by atoms with Gasteiger partial charge in [-0.25, -0.2) is 0 Å². The lowest BCUT2D eigenvalue weighted by Crippen LogP contribution is -2.50. The fraction of sp³-hybridized carbons (Fsp3) is 0.529. The number of nitrogens with one attached hydrogen (secondary N) is 1. The quantitative estimate of drug-likeness (QED) is 0.844. The number of fused-ring (bicyclic) bond motifs is 1. The Labute approximate surface area is 135 Å². The number of hydrogen-bond acceptors (Lipinski definition) is 3. The largest absolute Gasteiger partial charge is 0.481 e. The first-order valence-corrected chi connectivity index (χ1v) is 8.79. The van der Waals surface area contributed by atoms with Gasteiger partial charge in [0.05, 0.1) is 12.0 Å². The second-order valence-corrected chi connectivity index (χ2v) is 6.96. The van der Waals surface area contributed by atoms with Gasteiger partial charge in [-0.15, -0.1) is 11.8 Å². The van der Waals surface area contributed by atoms with E-state index in [-0.39, 0.29) is 17.6 Å². The lowest BCUT2D eigenvalue weighted by molar-refractivity contribution is -0.139. The molecule has 1 unspecified atom stereocenters. The zero-order chi connectivity index (χ0) is 16.2. The topological polar surface area (TPSA) is 66.4 Å². The van der Waals surface area contributed by atoms with Crippen molar-refractivity contribution in [1.29, 1.82) is 0 Å². The van der Waals surface area contributed by atoms with Gasteiger partial charge in [-0.1, -0.05) is 38.1 Å². The van der Waals surface area contributed by atoms with E-state index in [1.165, 1.54) is 5.56 Å². The molecular formula is C17H23NO3S. The van der Waals surface area contributed by atoms with Gasteiger partial charge < -0.3 is 10.4 Å². The molecule has 0 aliphatic carbocycles. The zero-order valence-electron chi connectivity index (χ0n) is 13.1. The number of thioether (sulfide) groups is 1. The number of aliphatic carboxylic acids is 1. The molecule has 1 aromatic rings. The van der Waals surface area contributed by atoms with Crippen molar-refractivity contribution < 1.29 is 14.7 Å². The van der Waals surface area contributed by atoms with E-state index in [2.05, 4.69) is 11.4 Å². The van der Waals surface area contributed by atoms with Crippen molar-refractivity contribution in [1.82, 2.24) is 5.32 Å². The van der Waals surface area contributed by atoms with E-state index < -0.39 is 11.5 Å². The maximum atomic E-state index is 12.8. The highest BCUT2D eigenvalue weighted by Gasteiger charge is 2.35. The molecule has 5 heteroatoms. The smallest absolute Gasteiger partial charge is 0.305 e. The Morgan fingerprint density at radius 2 is 2.00 bits per heavy atom. The van der Waals surface area contributed by atoms with Crippen LogP contribution >= 0.6 is 11.8 Å². The Morgan fingerprint density at radius 1 is 1.32 bits per heavy atom. The first-order chi connectivity index (χ1) is 10.5. The van der Waals surface area contributed by atoms with Gasteiger partial charge in [-0.2, -0.15) is 0 Å². The summed E-state index contributed by atoms with van der Waals surface area (Å²) in [7, 11) is 0. The number of amides is 1. The Hall–Kier alpha value is -1.49. The average Bonchev–Trinajstić information content (AvgIpc) is 2.53. The van der Waals surface area contributed by atoms with Crippen molar-refractivity contribution in [3.05, 3.63) is 35.4 Å². The fourth-order valence-electron chi connectivity index (χ4n) is 2.95. The molecule has 0 spiro atoms. The predicted molar refractivity (Wildman–Crippen MR) is 89.1 cm³/mol. The van der Waals surface area contributed by atoms with E-state index in [1.807, 2.05) is 32.0 Å². The third-order valence-electron chi connectivity index (χ3n) is 4.46. The van der Waals surface area contributed by atoms with Gasteiger partial charge in [0.2, 0.25) is 5.91 Å². The molecule has 0 radical (unpaired) electrons. The van der Waals surface area contributed by atoms with Gasteiger partial charge >= 0.3 is 5.97 Å². The molecule has 4 nitrogen and oxygen atoms in total. The number of aryl methyl sites for hydroxylation is 1. The van der Waals surface area contributed by atoms with Crippen LogP contribution in [0.3, 0.4) is 0 Å². The van der Waals surface area contributed by atoms with Crippen LogP contribution in [0, 0.1) is 0 Å². The molecule has 22 heavy (non-hydrogen) atoms. The first-order valence-electron chi connectivity index (χ1n) is 7.74. The molecule has 0 aromatic heterocycles. The summed E-state index contributed by atoms with van der Waals surface area (Å²) in [5.41, 5.74) is 1.63. The number of carboxylic acids is 1. The zero-order valence-corrected chi connectivity index (χ0v) is 13.9. The van der Waals surface area contributed by atoms with Crippen molar-refractivity contribution >= 4 is 23.6 Å². The Kier molecular flexibility index (Phi) is 5.51. The molecule has 1 heterocycles. The molecule has 1 aliphatic rings. The normalized spacial score (nSPS) is 17.6. The molecule has 1 aliphatic heterocycles. The molecule has 120 valence electrons. The molecule has 1 amide bonds. The minimum atomic E-state index is -0.874. The van der Waals surface area contributed by atoms with Crippen LogP contribution in [0.1, 0.15) is 49.5 Å². The first kappa shape index (κ1) is 16.9. The summed E-state index contributed by atoms with van der Waals surface area (Å²) >= 11 is 1.64. The van der Waals surface area contributed by atoms with Crippen LogP contribution in [0.4, 0.5) is 0 Å². The highest BCUT2D eigenvalue weighted by molar-refractivity contribution is 8.00. The minimum absolute atomic E-state index is 0.0369. The van der Waals surface area contributed by atoms with E-state index in [0.29, 0.717) is 12.8 Å². The fourth-order valence-corrected chi connectivity index (χ4v) is 4.14. The Balaban J connectivity index is 2.20. The van der Waals surface area contributed by atoms with Crippen molar-refractivity contribution in [3.8, 4) is 0 Å². The van der Waals surface area contributed by atoms with E-state index in [9.17, 15) is 9.59 Å². The maximum Gasteiger partial charge on any atom is 0.305 e. The SMILES string of the molecule is CCC(CC)(CC(=O)O)NC(=O)C1SCCc2ccccc21. The summed E-state index contributed by atoms with van der Waals surface area (Å²) in [6.45, 7) is 3.85. The molecule has 0 saturated carbocycles. The van der Waals surface area contributed by atoms with Gasteiger partial charge in [0.25, 0.3) is 0 Å². The molecule has 2 N–H and O–H groups in total. The molecule has 1 atom stereocenters. The van der Waals surface area contributed by atoms with Crippen molar-refractivity contribution in [3.63, 3.8) is 0 Å². The molecule has 0 saturated heterocycles. The van der Waals surface area contributed by atoms with E-state index >= 15 is 0 Å². The number of hydrogen-bond donors (Lipinski definition) is 2. The number of carbonyl (C=O) groups excluding carboxylic acids is 1. The van der Waals surface area contributed by atoms with Crippen LogP contribution in [-0.2, 0) is 16.0 Å². The summed E-state index contributed by atoms with van der Waals surface area (Å²) in [6, 6.07) is 8.02. The maximum absolute atomic E-state index is 12.8. The Morgan fingerprint density at radius 3 is 2.64 bits per heavy atom. The summed E-state index contributed by atoms with van der Waals surface area (Å²) in [6.07, 6.45) is 2.17. The van der Waals surface area contributed by atoms with Crippen LogP contribution in [0.15, 0.2) is 24.3 Å². The summed E-state index contributed by atoms with van der Waals surface area (Å²) in [4.78, 5) is 23.9. The van der Waals surface area contributed by atoms with Crippen molar-refractivity contribution in [2.75, 3.05) is 5.75 Å². The van der Waals surface area contributed by atoms with Gasteiger partial charge in [-0.3, -0.25) is 9.59 Å². The summed E-state index contributed by atoms with van der Waals surface area (Å²) < 4.78 is 0. The van der Waals surface area contributed by atoms with Crippen molar-refractivity contribution in [2.24, 2.45) is 0 Å². The van der Waals surface area contributed by atoms with Crippen molar-refractivity contribution in [2.45, 2.75) is 50.3 Å². The molecule has 0 fully saturated rings. The van der Waals surface area contributed by atoms with Crippen LogP contribution in [0.2, 0.25) is 0 Å². The van der Waals surface area contributed by atoms with Gasteiger partial charge in [-0.05, 0) is 36.1 Å². The minimum Gasteiger partial charge on any atom is -0.481 e. The van der Waals surface area contributed by atoms with Crippen LogP contribution in [-0.4, -0.2) is 28.3 Å². The number of carboxylic acid groups (broad SMARTS) is 1. The third-order valence-corrected chi connectivity index (χ3v) is 5.70. The highest BCUT2D eigenvalue weighted by Crippen LogP contribution is 2.37. The highest BCUT2D eigenvalue weighted by atomic mass is 32.2. The Bertz CT molecular complexity index is 555. The van der Waals surface area contributed by atoms with E-state index in [0.717, 1.165) is 17.7 Å². The third kappa shape index (κ3) is 3.64. The lowest BCUT2D eigenvalue weighted by atomic mass is 9.88. The summed E-state index contributed by atoms with van der Waals surface area (Å²) in [5.74, 6) is -0.0259. The van der Waals surface area contributed by atoms with Gasteiger partial charge in [0.1, 0.15) is 5.25 Å². The predicted octanol–water partition coefficient (Wildman–Crippen LogP) is 3.17. The van der Waals surface area contributed by atoms with Crippen LogP contribution in [0.25, 0.3) is 0 Å². The monoisotopic (exact) mass is 321 g/mol.